The van der Waals surface area contributed by atoms with Gasteiger partial charge in [0.05, 0.1) is 0 Å². The lowest BCUT2D eigenvalue weighted by Gasteiger charge is -2.09. The monoisotopic (exact) mass is 339 g/mol. The standard InChI is InChI=1S/C22H17N3O/c1-14-23-21(15-8-3-2-4-9-15)25-22(24-14)17-11-7-13-19-20(17)16-10-5-6-12-18(16)26-19/h3,5-13H,2,4H2,1H3. The Morgan fingerprint density at radius 1 is 0.846 bits per heavy atom. The van der Waals surface area contributed by atoms with E-state index in [2.05, 4.69) is 34.3 Å². The molecule has 0 N–H and O–H groups in total. The summed E-state index contributed by atoms with van der Waals surface area (Å²) >= 11 is 0. The number of fused-ring (bicyclic) bond motifs is 3. The van der Waals surface area contributed by atoms with Gasteiger partial charge in [-0.1, -0.05) is 48.6 Å². The van der Waals surface area contributed by atoms with E-state index in [4.69, 9.17) is 9.40 Å². The number of furan rings is 1. The fourth-order valence-electron chi connectivity index (χ4n) is 3.47. The number of nitrogens with zero attached hydrogens (tertiary/aromatic N) is 3. The third kappa shape index (κ3) is 2.42. The normalized spacial score (nSPS) is 14.1. The molecule has 4 heteroatoms. The number of hydrogen-bond donors (Lipinski definition) is 0. The van der Waals surface area contributed by atoms with Crippen LogP contribution in [0.4, 0.5) is 0 Å². The maximum Gasteiger partial charge on any atom is 0.164 e. The quantitative estimate of drug-likeness (QED) is 0.485. The van der Waals surface area contributed by atoms with Gasteiger partial charge in [-0.05, 0) is 31.9 Å². The summed E-state index contributed by atoms with van der Waals surface area (Å²) in [6.45, 7) is 1.91. The second-order valence-electron chi connectivity index (χ2n) is 6.45. The summed E-state index contributed by atoms with van der Waals surface area (Å²) < 4.78 is 6.00. The van der Waals surface area contributed by atoms with E-state index < -0.39 is 0 Å². The van der Waals surface area contributed by atoms with Crippen LogP contribution >= 0.6 is 0 Å². The first-order valence-electron chi connectivity index (χ1n) is 8.80. The van der Waals surface area contributed by atoms with Gasteiger partial charge in [-0.2, -0.15) is 0 Å². The van der Waals surface area contributed by atoms with Crippen molar-refractivity contribution in [2.45, 2.75) is 19.8 Å². The Kier molecular flexibility index (Phi) is 3.42. The topological polar surface area (TPSA) is 51.8 Å². The van der Waals surface area contributed by atoms with E-state index in [0.717, 1.165) is 57.6 Å². The van der Waals surface area contributed by atoms with E-state index in [-0.39, 0.29) is 0 Å². The van der Waals surface area contributed by atoms with Crippen LogP contribution in [0.25, 0.3) is 38.9 Å². The predicted molar refractivity (Wildman–Crippen MR) is 104 cm³/mol. The van der Waals surface area contributed by atoms with Crippen LogP contribution in [0.1, 0.15) is 24.5 Å². The van der Waals surface area contributed by atoms with Crippen LogP contribution in [0, 0.1) is 6.92 Å². The molecule has 26 heavy (non-hydrogen) atoms. The van der Waals surface area contributed by atoms with Gasteiger partial charge in [0.1, 0.15) is 17.0 Å². The van der Waals surface area contributed by atoms with Gasteiger partial charge in [0.25, 0.3) is 0 Å². The number of benzene rings is 2. The first-order chi connectivity index (χ1) is 12.8. The Labute approximate surface area is 150 Å². The summed E-state index contributed by atoms with van der Waals surface area (Å²) in [6.07, 6.45) is 8.54. The van der Waals surface area contributed by atoms with Crippen molar-refractivity contribution in [3.05, 3.63) is 72.3 Å². The molecule has 126 valence electrons. The minimum atomic E-state index is 0.685. The third-order valence-electron chi connectivity index (χ3n) is 4.64. The summed E-state index contributed by atoms with van der Waals surface area (Å²) in [7, 11) is 0. The van der Waals surface area contributed by atoms with Gasteiger partial charge in [-0.15, -0.1) is 0 Å². The molecule has 0 saturated carbocycles. The third-order valence-corrected chi connectivity index (χ3v) is 4.64. The van der Waals surface area contributed by atoms with Crippen molar-refractivity contribution in [1.82, 2.24) is 15.0 Å². The predicted octanol–water partition coefficient (Wildman–Crippen LogP) is 5.48. The molecule has 1 aliphatic rings. The SMILES string of the molecule is Cc1nc(C2=CCCC=C2)nc(-c2cccc3oc4ccccc4c23)n1. The first kappa shape index (κ1) is 15.0. The molecule has 0 bridgehead atoms. The lowest BCUT2D eigenvalue weighted by Crippen LogP contribution is -2.02. The zero-order valence-electron chi connectivity index (χ0n) is 14.4. The molecule has 0 unspecified atom stereocenters. The number of para-hydroxylation sites is 1. The molecule has 4 aromatic rings. The maximum absolute atomic E-state index is 6.00. The number of aromatic nitrogens is 3. The van der Waals surface area contributed by atoms with Crippen LogP contribution in [0.15, 0.2) is 65.1 Å². The van der Waals surface area contributed by atoms with Crippen LogP contribution in [0.3, 0.4) is 0 Å². The highest BCUT2D eigenvalue weighted by atomic mass is 16.3. The van der Waals surface area contributed by atoms with E-state index in [9.17, 15) is 0 Å². The van der Waals surface area contributed by atoms with Gasteiger partial charge in [0.15, 0.2) is 11.6 Å². The fourth-order valence-corrected chi connectivity index (χ4v) is 3.47. The highest BCUT2D eigenvalue weighted by Gasteiger charge is 2.16. The zero-order chi connectivity index (χ0) is 17.5. The van der Waals surface area contributed by atoms with Gasteiger partial charge in [0.2, 0.25) is 0 Å². The van der Waals surface area contributed by atoms with Gasteiger partial charge >= 0.3 is 0 Å². The minimum Gasteiger partial charge on any atom is -0.456 e. The van der Waals surface area contributed by atoms with Crippen LogP contribution in [0.2, 0.25) is 0 Å². The van der Waals surface area contributed by atoms with Crippen LogP contribution in [0.5, 0.6) is 0 Å². The van der Waals surface area contributed by atoms with E-state index in [0.29, 0.717) is 5.82 Å². The smallest absolute Gasteiger partial charge is 0.164 e. The molecule has 0 atom stereocenters. The molecule has 2 heterocycles. The van der Waals surface area contributed by atoms with Crippen molar-refractivity contribution in [2.75, 3.05) is 0 Å². The van der Waals surface area contributed by atoms with Crippen molar-refractivity contribution >= 4 is 27.5 Å². The number of allylic oxidation sites excluding steroid dienone is 4. The molecule has 2 aromatic heterocycles. The number of rotatable bonds is 2. The molecule has 0 radical (unpaired) electrons. The first-order valence-corrected chi connectivity index (χ1v) is 8.80. The Balaban J connectivity index is 1.77. The lowest BCUT2D eigenvalue weighted by molar-refractivity contribution is 0.669. The molecule has 0 aliphatic heterocycles. The second kappa shape index (κ2) is 5.92. The van der Waals surface area contributed by atoms with Crippen LogP contribution in [-0.4, -0.2) is 15.0 Å². The van der Waals surface area contributed by atoms with Crippen LogP contribution < -0.4 is 0 Å². The van der Waals surface area contributed by atoms with Crippen molar-refractivity contribution in [3.63, 3.8) is 0 Å². The van der Waals surface area contributed by atoms with E-state index in [1.54, 1.807) is 0 Å². The second-order valence-corrected chi connectivity index (χ2v) is 6.45. The highest BCUT2D eigenvalue weighted by Crippen LogP contribution is 2.35. The number of hydrogen-bond acceptors (Lipinski definition) is 4. The number of aryl methyl sites for hydroxylation is 1. The van der Waals surface area contributed by atoms with Gasteiger partial charge in [-0.3, -0.25) is 0 Å². The Morgan fingerprint density at radius 2 is 1.69 bits per heavy atom. The van der Waals surface area contributed by atoms with E-state index in [1.807, 2.05) is 43.3 Å². The van der Waals surface area contributed by atoms with Gasteiger partial charge in [-0.25, -0.2) is 15.0 Å². The molecule has 4 nitrogen and oxygen atoms in total. The highest BCUT2D eigenvalue weighted by molar-refractivity contribution is 6.11. The molecule has 0 fully saturated rings. The largest absolute Gasteiger partial charge is 0.456 e. The van der Waals surface area contributed by atoms with Crippen LogP contribution in [-0.2, 0) is 0 Å². The van der Waals surface area contributed by atoms with Crippen molar-refractivity contribution in [1.29, 1.82) is 0 Å². The average molecular weight is 339 g/mol. The van der Waals surface area contributed by atoms with E-state index in [1.165, 1.54) is 0 Å². The summed E-state index contributed by atoms with van der Waals surface area (Å²) in [5.41, 5.74) is 3.76. The maximum atomic E-state index is 6.00. The lowest BCUT2D eigenvalue weighted by atomic mass is 10.0. The Bertz CT molecular complexity index is 1200. The molecular weight excluding hydrogens is 322 g/mol. The Morgan fingerprint density at radius 3 is 2.58 bits per heavy atom. The average Bonchev–Trinajstić information content (AvgIpc) is 3.07. The fraction of sp³-hybridized carbons (Fsp3) is 0.136. The van der Waals surface area contributed by atoms with Crippen molar-refractivity contribution in [3.8, 4) is 11.4 Å². The summed E-state index contributed by atoms with van der Waals surface area (Å²) in [6, 6.07) is 14.1. The summed E-state index contributed by atoms with van der Waals surface area (Å²) in [4.78, 5) is 13.9. The summed E-state index contributed by atoms with van der Waals surface area (Å²) in [5, 5.41) is 2.13. The molecule has 2 aromatic carbocycles. The molecule has 0 amide bonds. The van der Waals surface area contributed by atoms with Gasteiger partial charge < -0.3 is 4.42 Å². The molecule has 1 aliphatic carbocycles. The molecule has 0 saturated heterocycles. The van der Waals surface area contributed by atoms with Crippen molar-refractivity contribution in [2.24, 2.45) is 0 Å². The van der Waals surface area contributed by atoms with Gasteiger partial charge in [0, 0.05) is 21.9 Å². The minimum absolute atomic E-state index is 0.685. The van der Waals surface area contributed by atoms with E-state index >= 15 is 0 Å². The molecule has 0 spiro atoms. The molecular formula is C22H17N3O. The Hall–Kier alpha value is -3.27. The summed E-state index contributed by atoms with van der Waals surface area (Å²) in [5.74, 6) is 2.13. The molecule has 5 rings (SSSR count). The van der Waals surface area contributed by atoms with Crippen molar-refractivity contribution < 1.29 is 4.42 Å². The zero-order valence-corrected chi connectivity index (χ0v) is 14.4.